The number of carbonyl (C=O) groups is 1. The Morgan fingerprint density at radius 3 is 2.39 bits per heavy atom. The van der Waals surface area contributed by atoms with Gasteiger partial charge in [0.05, 0.1) is 22.8 Å². The number of rotatable bonds is 5. The van der Waals surface area contributed by atoms with E-state index >= 15 is 0 Å². The van der Waals surface area contributed by atoms with E-state index in [0.717, 1.165) is 5.56 Å². The standard InChI is InChI=1S/C16H14Cl3NO3/c1-9-6-13(14(22-2)7-12(9)19)20-15(21)8-23-16-10(17)4-3-5-11(16)18/h3-7H,8H2,1-2H3,(H,20,21). The topological polar surface area (TPSA) is 47.6 Å². The SMILES string of the molecule is COc1cc(Cl)c(C)cc1NC(=O)COc1c(Cl)cccc1Cl. The van der Waals surface area contributed by atoms with Crippen LogP contribution in [-0.2, 0) is 4.79 Å². The summed E-state index contributed by atoms with van der Waals surface area (Å²) >= 11 is 18.0. The van der Waals surface area contributed by atoms with Gasteiger partial charge in [0.2, 0.25) is 0 Å². The largest absolute Gasteiger partial charge is 0.495 e. The number of carbonyl (C=O) groups excluding carboxylic acids is 1. The number of ether oxygens (including phenoxy) is 2. The Hall–Kier alpha value is -1.62. The van der Waals surface area contributed by atoms with Crippen LogP contribution >= 0.6 is 34.8 Å². The van der Waals surface area contributed by atoms with Crippen LogP contribution in [0.4, 0.5) is 5.69 Å². The molecule has 23 heavy (non-hydrogen) atoms. The molecule has 1 N–H and O–H groups in total. The first-order chi connectivity index (χ1) is 10.9. The molecule has 0 saturated heterocycles. The molecular weight excluding hydrogens is 361 g/mol. The van der Waals surface area contributed by atoms with Crippen molar-refractivity contribution >= 4 is 46.4 Å². The summed E-state index contributed by atoms with van der Waals surface area (Å²) in [6.07, 6.45) is 0. The summed E-state index contributed by atoms with van der Waals surface area (Å²) < 4.78 is 10.6. The molecule has 0 radical (unpaired) electrons. The third-order valence-electron chi connectivity index (χ3n) is 3.02. The number of hydrogen-bond acceptors (Lipinski definition) is 3. The highest BCUT2D eigenvalue weighted by atomic mass is 35.5. The van der Waals surface area contributed by atoms with Crippen LogP contribution in [0.15, 0.2) is 30.3 Å². The summed E-state index contributed by atoms with van der Waals surface area (Å²) in [5, 5.41) is 3.94. The molecular formula is C16H14Cl3NO3. The molecule has 0 aromatic heterocycles. The van der Waals surface area contributed by atoms with E-state index in [2.05, 4.69) is 5.32 Å². The molecule has 122 valence electrons. The average Bonchev–Trinajstić information content (AvgIpc) is 2.50. The van der Waals surface area contributed by atoms with Gasteiger partial charge in [-0.3, -0.25) is 4.79 Å². The minimum atomic E-state index is -0.374. The van der Waals surface area contributed by atoms with Gasteiger partial charge in [0.25, 0.3) is 5.91 Å². The Morgan fingerprint density at radius 2 is 1.78 bits per heavy atom. The molecule has 2 aromatic carbocycles. The first-order valence-electron chi connectivity index (χ1n) is 6.63. The van der Waals surface area contributed by atoms with Gasteiger partial charge in [0.1, 0.15) is 5.75 Å². The lowest BCUT2D eigenvalue weighted by Crippen LogP contribution is -2.20. The third-order valence-corrected chi connectivity index (χ3v) is 4.02. The van der Waals surface area contributed by atoms with Crippen molar-refractivity contribution in [2.45, 2.75) is 6.92 Å². The van der Waals surface area contributed by atoms with Crippen LogP contribution in [0, 0.1) is 6.92 Å². The number of nitrogens with one attached hydrogen (secondary N) is 1. The molecule has 4 nitrogen and oxygen atoms in total. The maximum Gasteiger partial charge on any atom is 0.262 e. The molecule has 1 amide bonds. The van der Waals surface area contributed by atoms with Crippen molar-refractivity contribution in [3.8, 4) is 11.5 Å². The van der Waals surface area contributed by atoms with E-state index in [1.807, 2.05) is 6.92 Å². The van der Waals surface area contributed by atoms with Gasteiger partial charge < -0.3 is 14.8 Å². The molecule has 0 atom stereocenters. The molecule has 0 aliphatic carbocycles. The van der Waals surface area contributed by atoms with Gasteiger partial charge in [0.15, 0.2) is 12.4 Å². The molecule has 2 aromatic rings. The quantitative estimate of drug-likeness (QED) is 0.803. The van der Waals surface area contributed by atoms with Gasteiger partial charge in [-0.05, 0) is 30.7 Å². The van der Waals surface area contributed by atoms with E-state index in [9.17, 15) is 4.79 Å². The second-order valence-electron chi connectivity index (χ2n) is 4.69. The minimum Gasteiger partial charge on any atom is -0.495 e. The van der Waals surface area contributed by atoms with Crippen LogP contribution in [0.2, 0.25) is 15.1 Å². The summed E-state index contributed by atoms with van der Waals surface area (Å²) in [6, 6.07) is 8.32. The lowest BCUT2D eigenvalue weighted by Gasteiger charge is -2.13. The van der Waals surface area contributed by atoms with Crippen LogP contribution in [0.25, 0.3) is 0 Å². The monoisotopic (exact) mass is 373 g/mol. The molecule has 0 bridgehead atoms. The van der Waals surface area contributed by atoms with Crippen LogP contribution in [0.1, 0.15) is 5.56 Å². The van der Waals surface area contributed by atoms with Gasteiger partial charge in [-0.2, -0.15) is 0 Å². The van der Waals surface area contributed by atoms with Gasteiger partial charge in [0, 0.05) is 11.1 Å². The lowest BCUT2D eigenvalue weighted by atomic mass is 10.2. The summed E-state index contributed by atoms with van der Waals surface area (Å²) in [5.41, 5.74) is 1.33. The van der Waals surface area contributed by atoms with Crippen molar-refractivity contribution < 1.29 is 14.3 Å². The number of benzene rings is 2. The van der Waals surface area contributed by atoms with Gasteiger partial charge >= 0.3 is 0 Å². The third kappa shape index (κ3) is 4.44. The highest BCUT2D eigenvalue weighted by Crippen LogP contribution is 2.33. The predicted octanol–water partition coefficient (Wildman–Crippen LogP) is 4.98. The summed E-state index contributed by atoms with van der Waals surface area (Å²) in [4.78, 5) is 12.1. The number of halogens is 3. The maximum absolute atomic E-state index is 12.1. The minimum absolute atomic E-state index is 0.242. The molecule has 7 heteroatoms. The number of para-hydroxylation sites is 1. The molecule has 0 fully saturated rings. The van der Waals surface area contributed by atoms with Crippen molar-refractivity contribution in [3.05, 3.63) is 51.0 Å². The normalized spacial score (nSPS) is 10.3. The Labute approximate surface area is 149 Å². The fraction of sp³-hybridized carbons (Fsp3) is 0.188. The van der Waals surface area contributed by atoms with Crippen molar-refractivity contribution in [2.75, 3.05) is 19.0 Å². The summed E-state index contributed by atoms with van der Waals surface area (Å²) in [7, 11) is 1.50. The van der Waals surface area contributed by atoms with Crippen molar-refractivity contribution in [1.29, 1.82) is 0 Å². The van der Waals surface area contributed by atoms with E-state index in [4.69, 9.17) is 44.3 Å². The molecule has 2 rings (SSSR count). The number of methoxy groups -OCH3 is 1. The predicted molar refractivity (Wildman–Crippen MR) is 93.3 cm³/mol. The van der Waals surface area contributed by atoms with Gasteiger partial charge in [-0.25, -0.2) is 0 Å². The smallest absolute Gasteiger partial charge is 0.262 e. The van der Waals surface area contributed by atoms with Crippen molar-refractivity contribution in [2.24, 2.45) is 0 Å². The summed E-state index contributed by atoms with van der Waals surface area (Å²) in [5.74, 6) is 0.357. The Kier molecular flexibility index (Phi) is 5.99. The zero-order chi connectivity index (χ0) is 17.0. The zero-order valence-corrected chi connectivity index (χ0v) is 14.7. The second-order valence-corrected chi connectivity index (χ2v) is 5.91. The molecule has 0 aliphatic heterocycles. The number of aryl methyl sites for hydroxylation is 1. The zero-order valence-electron chi connectivity index (χ0n) is 12.5. The number of anilines is 1. The average molecular weight is 375 g/mol. The molecule has 0 spiro atoms. The van der Waals surface area contributed by atoms with E-state index in [-0.39, 0.29) is 18.3 Å². The number of hydrogen-bond donors (Lipinski definition) is 1. The highest BCUT2D eigenvalue weighted by Gasteiger charge is 2.13. The van der Waals surface area contributed by atoms with E-state index < -0.39 is 0 Å². The van der Waals surface area contributed by atoms with Gasteiger partial charge in [-0.1, -0.05) is 40.9 Å². The molecule has 0 saturated carbocycles. The molecule has 0 aliphatic rings. The van der Waals surface area contributed by atoms with E-state index in [0.29, 0.717) is 26.5 Å². The maximum atomic E-state index is 12.1. The first kappa shape index (κ1) is 17.7. The second kappa shape index (κ2) is 7.77. The fourth-order valence-electron chi connectivity index (χ4n) is 1.87. The van der Waals surface area contributed by atoms with E-state index in [1.165, 1.54) is 7.11 Å². The lowest BCUT2D eigenvalue weighted by molar-refractivity contribution is -0.118. The Balaban J connectivity index is 2.07. The first-order valence-corrected chi connectivity index (χ1v) is 7.76. The van der Waals surface area contributed by atoms with E-state index in [1.54, 1.807) is 30.3 Å². The van der Waals surface area contributed by atoms with Crippen LogP contribution in [0.5, 0.6) is 11.5 Å². The summed E-state index contributed by atoms with van der Waals surface area (Å²) in [6.45, 7) is 1.59. The molecule has 0 unspecified atom stereocenters. The Bertz CT molecular complexity index is 715. The fourth-order valence-corrected chi connectivity index (χ4v) is 2.53. The van der Waals surface area contributed by atoms with Crippen molar-refractivity contribution in [1.82, 2.24) is 0 Å². The van der Waals surface area contributed by atoms with Crippen LogP contribution < -0.4 is 14.8 Å². The van der Waals surface area contributed by atoms with Gasteiger partial charge in [-0.15, -0.1) is 0 Å². The Morgan fingerprint density at radius 1 is 1.13 bits per heavy atom. The molecule has 0 heterocycles. The van der Waals surface area contributed by atoms with Crippen molar-refractivity contribution in [3.63, 3.8) is 0 Å². The highest BCUT2D eigenvalue weighted by molar-refractivity contribution is 6.37. The van der Waals surface area contributed by atoms with Crippen LogP contribution in [0.3, 0.4) is 0 Å². The number of amides is 1. The van der Waals surface area contributed by atoms with Crippen LogP contribution in [-0.4, -0.2) is 19.6 Å².